The summed E-state index contributed by atoms with van der Waals surface area (Å²) in [6.45, 7) is 8.13. The van der Waals surface area contributed by atoms with Crippen LogP contribution in [0.4, 0.5) is 11.5 Å². The molecule has 0 aliphatic carbocycles. The number of methoxy groups -OCH3 is 1. The van der Waals surface area contributed by atoms with E-state index in [0.717, 1.165) is 48.4 Å². The minimum Gasteiger partial charge on any atom is -0.493 e. The van der Waals surface area contributed by atoms with Gasteiger partial charge in [0.15, 0.2) is 17.5 Å². The van der Waals surface area contributed by atoms with Crippen LogP contribution in [-0.2, 0) is 6.54 Å². The zero-order valence-corrected chi connectivity index (χ0v) is 21.7. The Balaban J connectivity index is 0.00000363. The first-order chi connectivity index (χ1) is 15.2. The van der Waals surface area contributed by atoms with Crippen LogP contribution in [0.1, 0.15) is 45.1 Å². The first-order valence-electron chi connectivity index (χ1n) is 11.3. The maximum absolute atomic E-state index is 5.60. The molecule has 7 nitrogen and oxygen atoms in total. The molecule has 0 radical (unpaired) electrons. The van der Waals surface area contributed by atoms with Crippen LogP contribution in [0.15, 0.2) is 41.5 Å². The van der Waals surface area contributed by atoms with Crippen LogP contribution in [0.25, 0.3) is 0 Å². The van der Waals surface area contributed by atoms with E-state index in [-0.39, 0.29) is 24.0 Å². The summed E-state index contributed by atoms with van der Waals surface area (Å²) < 4.78 is 11.1. The average Bonchev–Trinajstić information content (AvgIpc) is 3.09. The van der Waals surface area contributed by atoms with Gasteiger partial charge in [-0.05, 0) is 56.5 Å². The fraction of sp³-hybridized carbons (Fsp3) is 0.500. The van der Waals surface area contributed by atoms with Crippen molar-refractivity contribution in [3.63, 3.8) is 0 Å². The van der Waals surface area contributed by atoms with Crippen LogP contribution in [0.3, 0.4) is 0 Å². The van der Waals surface area contributed by atoms with E-state index in [1.54, 1.807) is 7.11 Å². The SMILES string of the molecule is CCNC(=NCc1ccnc(N2CCCCCC2)c1)Nc1ccc(OCC)c(OC)c1.I. The normalized spacial score (nSPS) is 14.2. The van der Waals surface area contributed by atoms with Gasteiger partial charge in [-0.3, -0.25) is 0 Å². The van der Waals surface area contributed by atoms with Gasteiger partial charge in [0, 0.05) is 37.6 Å². The molecular weight excluding hydrogens is 517 g/mol. The molecule has 2 N–H and O–H groups in total. The number of hydrogen-bond acceptors (Lipinski definition) is 5. The number of guanidine groups is 1. The molecule has 0 saturated carbocycles. The highest BCUT2D eigenvalue weighted by molar-refractivity contribution is 14.0. The summed E-state index contributed by atoms with van der Waals surface area (Å²) in [5.41, 5.74) is 2.04. The topological polar surface area (TPSA) is 71.0 Å². The van der Waals surface area contributed by atoms with Crippen molar-refractivity contribution >= 4 is 41.4 Å². The van der Waals surface area contributed by atoms with Crippen LogP contribution >= 0.6 is 24.0 Å². The van der Waals surface area contributed by atoms with Gasteiger partial charge in [0.1, 0.15) is 5.82 Å². The molecule has 1 aromatic carbocycles. The quantitative estimate of drug-likeness (QED) is 0.271. The molecule has 1 fully saturated rings. The summed E-state index contributed by atoms with van der Waals surface area (Å²) in [5, 5.41) is 6.66. The average molecular weight is 553 g/mol. The second-order valence-electron chi connectivity index (χ2n) is 7.54. The summed E-state index contributed by atoms with van der Waals surface area (Å²) in [6.07, 6.45) is 7.00. The summed E-state index contributed by atoms with van der Waals surface area (Å²) in [5.74, 6) is 3.21. The van der Waals surface area contributed by atoms with E-state index in [0.29, 0.717) is 18.9 Å². The van der Waals surface area contributed by atoms with Crippen LogP contribution in [0.5, 0.6) is 11.5 Å². The van der Waals surface area contributed by atoms with Crippen molar-refractivity contribution in [2.45, 2.75) is 46.1 Å². The smallest absolute Gasteiger partial charge is 0.196 e. The molecule has 0 atom stereocenters. The van der Waals surface area contributed by atoms with Crippen LogP contribution in [-0.4, -0.2) is 44.3 Å². The highest BCUT2D eigenvalue weighted by atomic mass is 127. The number of aliphatic imine (C=N–C) groups is 1. The number of halogens is 1. The molecule has 2 aromatic rings. The Morgan fingerprint density at radius 2 is 1.84 bits per heavy atom. The number of nitrogens with zero attached hydrogens (tertiary/aromatic N) is 3. The van der Waals surface area contributed by atoms with Crippen molar-refractivity contribution < 1.29 is 9.47 Å². The highest BCUT2D eigenvalue weighted by Gasteiger charge is 2.11. The van der Waals surface area contributed by atoms with Gasteiger partial charge in [-0.1, -0.05) is 12.8 Å². The van der Waals surface area contributed by atoms with Crippen molar-refractivity contribution in [2.24, 2.45) is 4.99 Å². The van der Waals surface area contributed by atoms with Crippen LogP contribution in [0, 0.1) is 0 Å². The first-order valence-corrected chi connectivity index (χ1v) is 11.3. The Bertz CT molecular complexity index is 854. The third-order valence-electron chi connectivity index (χ3n) is 5.23. The van der Waals surface area contributed by atoms with Gasteiger partial charge in [0.25, 0.3) is 0 Å². The number of anilines is 2. The van der Waals surface area contributed by atoms with E-state index in [9.17, 15) is 0 Å². The zero-order valence-electron chi connectivity index (χ0n) is 19.4. The van der Waals surface area contributed by atoms with Gasteiger partial charge in [0.05, 0.1) is 20.3 Å². The molecule has 0 bridgehead atoms. The standard InChI is InChI=1S/C24H35N5O2.HI/c1-4-25-24(28-20-10-11-21(31-5-2)22(17-20)30-3)27-18-19-12-13-26-23(16-19)29-14-8-6-7-9-15-29;/h10-13,16-17H,4-9,14-15,18H2,1-3H3,(H2,25,27,28);1H. The zero-order chi connectivity index (χ0) is 21.9. The van der Waals surface area contributed by atoms with E-state index >= 15 is 0 Å². The van der Waals surface area contributed by atoms with E-state index in [4.69, 9.17) is 14.5 Å². The minimum atomic E-state index is 0. The van der Waals surface area contributed by atoms with E-state index < -0.39 is 0 Å². The number of pyridine rings is 1. The number of rotatable bonds is 8. The molecule has 1 aliphatic heterocycles. The molecule has 32 heavy (non-hydrogen) atoms. The maximum atomic E-state index is 5.60. The Labute approximate surface area is 209 Å². The van der Waals surface area contributed by atoms with Crippen molar-refractivity contribution in [1.82, 2.24) is 10.3 Å². The Hall–Kier alpha value is -2.23. The molecule has 3 rings (SSSR count). The molecule has 0 amide bonds. The third kappa shape index (κ3) is 7.72. The van der Waals surface area contributed by atoms with E-state index in [1.807, 2.05) is 37.4 Å². The van der Waals surface area contributed by atoms with Gasteiger partial charge in [0.2, 0.25) is 0 Å². The van der Waals surface area contributed by atoms with E-state index in [1.165, 1.54) is 25.7 Å². The van der Waals surface area contributed by atoms with Gasteiger partial charge in [-0.15, -0.1) is 24.0 Å². The summed E-state index contributed by atoms with van der Waals surface area (Å²) >= 11 is 0. The van der Waals surface area contributed by atoms with Crippen molar-refractivity contribution in [2.75, 3.05) is 43.6 Å². The first kappa shape index (κ1) is 26.0. The van der Waals surface area contributed by atoms with Crippen molar-refractivity contribution in [3.05, 3.63) is 42.1 Å². The molecule has 1 aliphatic rings. The van der Waals surface area contributed by atoms with Gasteiger partial charge >= 0.3 is 0 Å². The fourth-order valence-electron chi connectivity index (χ4n) is 3.67. The number of benzene rings is 1. The number of hydrogen-bond donors (Lipinski definition) is 2. The predicted octanol–water partition coefficient (Wildman–Crippen LogP) is 5.06. The molecule has 0 unspecified atom stereocenters. The number of nitrogens with one attached hydrogen (secondary N) is 2. The molecule has 8 heteroatoms. The van der Waals surface area contributed by atoms with Crippen molar-refractivity contribution in [1.29, 1.82) is 0 Å². The molecule has 2 heterocycles. The van der Waals surface area contributed by atoms with Gasteiger partial charge in [-0.2, -0.15) is 0 Å². The van der Waals surface area contributed by atoms with Gasteiger partial charge in [-0.25, -0.2) is 9.98 Å². The molecular formula is C24H36IN5O2. The lowest BCUT2D eigenvalue weighted by Gasteiger charge is -2.21. The lowest BCUT2D eigenvalue weighted by Crippen LogP contribution is -2.30. The molecule has 176 valence electrons. The van der Waals surface area contributed by atoms with E-state index in [2.05, 4.69) is 33.5 Å². The molecule has 0 spiro atoms. The van der Waals surface area contributed by atoms with Crippen LogP contribution < -0.4 is 25.0 Å². The monoisotopic (exact) mass is 553 g/mol. The van der Waals surface area contributed by atoms with Gasteiger partial charge < -0.3 is 25.0 Å². The Kier molecular flexibility index (Phi) is 11.4. The second kappa shape index (κ2) is 14.0. The Morgan fingerprint density at radius 1 is 1.06 bits per heavy atom. The van der Waals surface area contributed by atoms with Crippen molar-refractivity contribution in [3.8, 4) is 11.5 Å². The second-order valence-corrected chi connectivity index (χ2v) is 7.54. The number of aromatic nitrogens is 1. The summed E-state index contributed by atoms with van der Waals surface area (Å²) in [4.78, 5) is 11.8. The highest BCUT2D eigenvalue weighted by Crippen LogP contribution is 2.30. The lowest BCUT2D eigenvalue weighted by atomic mass is 10.2. The maximum Gasteiger partial charge on any atom is 0.196 e. The predicted molar refractivity (Wildman–Crippen MR) is 143 cm³/mol. The summed E-state index contributed by atoms with van der Waals surface area (Å²) in [7, 11) is 1.65. The third-order valence-corrected chi connectivity index (χ3v) is 5.23. The summed E-state index contributed by atoms with van der Waals surface area (Å²) in [6, 6.07) is 9.99. The number of ether oxygens (including phenoxy) is 2. The Morgan fingerprint density at radius 3 is 2.53 bits per heavy atom. The molecule has 1 aromatic heterocycles. The lowest BCUT2D eigenvalue weighted by molar-refractivity contribution is 0.311. The minimum absolute atomic E-state index is 0. The largest absolute Gasteiger partial charge is 0.493 e. The van der Waals surface area contributed by atoms with Crippen LogP contribution in [0.2, 0.25) is 0 Å². The fourth-order valence-corrected chi connectivity index (χ4v) is 3.67. The molecule has 1 saturated heterocycles.